The number of carbonyl (C=O) groups excluding carboxylic acids is 1. The van der Waals surface area contributed by atoms with Crippen LogP contribution in [0.4, 0.5) is 5.13 Å². The van der Waals surface area contributed by atoms with Crippen LogP contribution < -0.4 is 24.3 Å². The van der Waals surface area contributed by atoms with Crippen molar-refractivity contribution in [3.63, 3.8) is 0 Å². The smallest absolute Gasteiger partial charge is 0.268 e. The summed E-state index contributed by atoms with van der Waals surface area (Å²) in [5, 5.41) is 13.1. The molecule has 182 valence electrons. The Kier molecular flexibility index (Phi) is 9.60. The Morgan fingerprint density at radius 2 is 1.89 bits per heavy atom. The molecule has 0 aliphatic carbocycles. The lowest BCUT2D eigenvalue weighted by atomic mass is 10.1. The molecular weight excluding hydrogens is 512 g/mol. The molecule has 9 nitrogen and oxygen atoms in total. The van der Waals surface area contributed by atoms with Gasteiger partial charge in [-0.05, 0) is 42.2 Å². The first-order valence-corrected chi connectivity index (χ1v) is 12.4. The minimum atomic E-state index is -0.611. The molecule has 0 aliphatic heterocycles. The molecule has 2 aromatic carbocycles. The summed E-state index contributed by atoms with van der Waals surface area (Å²) in [4.78, 5) is 16.6. The summed E-state index contributed by atoms with van der Waals surface area (Å²) in [6.45, 7) is 0.430. The number of nitriles is 1. The maximum atomic E-state index is 12.5. The summed E-state index contributed by atoms with van der Waals surface area (Å²) < 4.78 is 26.2. The number of amides is 1. The Morgan fingerprint density at radius 3 is 2.54 bits per heavy atom. The zero-order valence-corrected chi connectivity index (χ0v) is 21.4. The molecular formula is C23H21ClN4O5S2. The number of halogens is 1. The van der Waals surface area contributed by atoms with Crippen molar-refractivity contribution in [2.45, 2.75) is 5.16 Å². The number of nitrogens with zero attached hydrogens (tertiary/aromatic N) is 3. The summed E-state index contributed by atoms with van der Waals surface area (Å²) in [6, 6.07) is 12.4. The van der Waals surface area contributed by atoms with Gasteiger partial charge in [0.05, 0.1) is 19.2 Å². The predicted octanol–water partition coefficient (Wildman–Crippen LogP) is 4.93. The standard InChI is InChI=1S/C23H21ClN4O5S2/c1-30-17-6-4-5-7-18(17)32-8-9-33-20-16(24)11-14(12-19(20)31-2)10-15(13-25)21(29)26-22-27-23(34-3)28-35-22/h4-7,10-12H,8-9H2,1-3H3,(H,26,27,28,29)/b15-10-. The average Bonchev–Trinajstić information content (AvgIpc) is 3.33. The summed E-state index contributed by atoms with van der Waals surface area (Å²) in [5.41, 5.74) is 0.348. The van der Waals surface area contributed by atoms with E-state index in [0.29, 0.717) is 38.8 Å². The number of hydrogen-bond acceptors (Lipinski definition) is 10. The van der Waals surface area contributed by atoms with E-state index in [1.54, 1.807) is 31.4 Å². The summed E-state index contributed by atoms with van der Waals surface area (Å²) in [5.74, 6) is 1.26. The molecule has 0 radical (unpaired) electrons. The third-order valence-corrected chi connectivity index (χ3v) is 5.97. The summed E-state index contributed by atoms with van der Waals surface area (Å²) in [7, 11) is 3.03. The van der Waals surface area contributed by atoms with Gasteiger partial charge in [0.1, 0.15) is 24.9 Å². The first-order chi connectivity index (χ1) is 17.0. The average molecular weight is 533 g/mol. The number of hydrogen-bond donors (Lipinski definition) is 1. The second-order valence-electron chi connectivity index (χ2n) is 6.59. The van der Waals surface area contributed by atoms with Crippen LogP contribution in [0.1, 0.15) is 5.56 Å². The lowest BCUT2D eigenvalue weighted by Gasteiger charge is -2.14. The highest BCUT2D eigenvalue weighted by Crippen LogP contribution is 2.37. The summed E-state index contributed by atoms with van der Waals surface area (Å²) >= 11 is 8.80. The number of nitrogens with one attached hydrogen (secondary N) is 1. The fraction of sp³-hybridized carbons (Fsp3) is 0.217. The van der Waals surface area contributed by atoms with Crippen molar-refractivity contribution < 1.29 is 23.7 Å². The van der Waals surface area contributed by atoms with Gasteiger partial charge >= 0.3 is 0 Å². The van der Waals surface area contributed by atoms with E-state index in [4.69, 9.17) is 30.5 Å². The minimum absolute atomic E-state index is 0.136. The van der Waals surface area contributed by atoms with Crippen molar-refractivity contribution in [2.24, 2.45) is 0 Å². The Balaban J connectivity index is 1.69. The van der Waals surface area contributed by atoms with Crippen LogP contribution in [0.15, 0.2) is 47.1 Å². The minimum Gasteiger partial charge on any atom is -0.493 e. The van der Waals surface area contributed by atoms with Crippen molar-refractivity contribution in [1.29, 1.82) is 5.26 Å². The van der Waals surface area contributed by atoms with Gasteiger partial charge in [-0.3, -0.25) is 10.1 Å². The Labute approximate surface area is 215 Å². The van der Waals surface area contributed by atoms with Crippen LogP contribution in [0.2, 0.25) is 5.02 Å². The summed E-state index contributed by atoms with van der Waals surface area (Å²) in [6.07, 6.45) is 3.22. The number of carbonyl (C=O) groups is 1. The molecule has 0 atom stereocenters. The van der Waals surface area contributed by atoms with Gasteiger partial charge in [-0.15, -0.1) is 0 Å². The third-order valence-electron chi connectivity index (χ3n) is 4.39. The first-order valence-electron chi connectivity index (χ1n) is 10.1. The highest BCUT2D eigenvalue weighted by Gasteiger charge is 2.16. The van der Waals surface area contributed by atoms with Crippen molar-refractivity contribution in [1.82, 2.24) is 9.36 Å². The molecule has 0 unspecified atom stereocenters. The molecule has 3 rings (SSSR count). The lowest BCUT2D eigenvalue weighted by molar-refractivity contribution is -0.112. The molecule has 1 amide bonds. The van der Waals surface area contributed by atoms with Gasteiger partial charge in [0.25, 0.3) is 5.91 Å². The third kappa shape index (κ3) is 7.02. The number of benzene rings is 2. The number of rotatable bonds is 11. The van der Waals surface area contributed by atoms with Gasteiger partial charge in [-0.25, -0.2) is 0 Å². The highest BCUT2D eigenvalue weighted by atomic mass is 35.5. The Morgan fingerprint density at radius 1 is 1.17 bits per heavy atom. The molecule has 12 heteroatoms. The van der Waals surface area contributed by atoms with Gasteiger partial charge in [0.2, 0.25) is 10.3 Å². The molecule has 1 aromatic heterocycles. The molecule has 0 saturated heterocycles. The Bertz CT molecular complexity index is 1260. The van der Waals surface area contributed by atoms with Crippen LogP contribution in [0.3, 0.4) is 0 Å². The zero-order chi connectivity index (χ0) is 25.2. The van der Waals surface area contributed by atoms with Gasteiger partial charge in [-0.1, -0.05) is 35.5 Å². The van der Waals surface area contributed by atoms with Crippen LogP contribution in [0.5, 0.6) is 23.0 Å². The molecule has 0 aliphatic rings. The van der Waals surface area contributed by atoms with Crippen molar-refractivity contribution in [3.05, 3.63) is 52.6 Å². The van der Waals surface area contributed by atoms with Gasteiger partial charge < -0.3 is 18.9 Å². The quantitative estimate of drug-likeness (QED) is 0.159. The first kappa shape index (κ1) is 26.2. The number of thioether (sulfide) groups is 1. The molecule has 3 aromatic rings. The molecule has 0 bridgehead atoms. The molecule has 35 heavy (non-hydrogen) atoms. The largest absolute Gasteiger partial charge is 0.493 e. The normalized spacial score (nSPS) is 10.9. The molecule has 1 N–H and O–H groups in total. The second-order valence-corrected chi connectivity index (χ2v) is 8.52. The lowest BCUT2D eigenvalue weighted by Crippen LogP contribution is -2.13. The van der Waals surface area contributed by atoms with E-state index in [2.05, 4.69) is 14.7 Å². The number of methoxy groups -OCH3 is 2. The topological polar surface area (TPSA) is 116 Å². The van der Waals surface area contributed by atoms with E-state index < -0.39 is 5.91 Å². The monoisotopic (exact) mass is 532 g/mol. The van der Waals surface area contributed by atoms with Crippen molar-refractivity contribution in [2.75, 3.05) is 39.0 Å². The maximum absolute atomic E-state index is 12.5. The highest BCUT2D eigenvalue weighted by molar-refractivity contribution is 7.98. The van der Waals surface area contributed by atoms with Gasteiger partial charge in [0.15, 0.2) is 23.0 Å². The van der Waals surface area contributed by atoms with Crippen LogP contribution in [0.25, 0.3) is 6.08 Å². The second kappa shape index (κ2) is 12.9. The van der Waals surface area contributed by atoms with Crippen LogP contribution in [0, 0.1) is 11.3 Å². The number of para-hydroxylation sites is 2. The molecule has 0 fully saturated rings. The van der Waals surface area contributed by atoms with Gasteiger partial charge in [-0.2, -0.15) is 14.6 Å². The van der Waals surface area contributed by atoms with E-state index in [-0.39, 0.29) is 23.8 Å². The molecule has 0 spiro atoms. The number of ether oxygens (including phenoxy) is 4. The number of aromatic nitrogens is 2. The van der Waals surface area contributed by atoms with E-state index in [1.165, 1.54) is 24.9 Å². The fourth-order valence-corrected chi connectivity index (χ4v) is 4.21. The van der Waals surface area contributed by atoms with E-state index in [9.17, 15) is 10.1 Å². The fourth-order valence-electron chi connectivity index (χ4n) is 2.82. The SMILES string of the molecule is COc1ccccc1OCCOc1c(Cl)cc(/C=C(/C#N)C(=O)Nc2nc(SC)ns2)cc1OC. The Hall–Kier alpha value is -3.46. The van der Waals surface area contributed by atoms with E-state index in [1.807, 2.05) is 24.5 Å². The van der Waals surface area contributed by atoms with Crippen LogP contribution in [-0.2, 0) is 4.79 Å². The van der Waals surface area contributed by atoms with E-state index >= 15 is 0 Å². The van der Waals surface area contributed by atoms with Crippen LogP contribution in [-0.4, -0.2) is 49.0 Å². The number of anilines is 1. The predicted molar refractivity (Wildman–Crippen MR) is 136 cm³/mol. The van der Waals surface area contributed by atoms with Crippen LogP contribution >= 0.6 is 34.9 Å². The van der Waals surface area contributed by atoms with E-state index in [0.717, 1.165) is 11.5 Å². The van der Waals surface area contributed by atoms with Crippen molar-refractivity contribution in [3.8, 4) is 29.1 Å². The maximum Gasteiger partial charge on any atom is 0.268 e. The molecule has 1 heterocycles. The molecule has 0 saturated carbocycles. The zero-order valence-electron chi connectivity index (χ0n) is 19.0. The van der Waals surface area contributed by atoms with Gasteiger partial charge in [0, 0.05) is 11.5 Å². The van der Waals surface area contributed by atoms with Crippen molar-refractivity contribution >= 4 is 52.0 Å².